The molecule has 0 saturated carbocycles. The van der Waals surface area contributed by atoms with Crippen LogP contribution >= 0.6 is 27.5 Å². The Kier molecular flexibility index (Phi) is 5.80. The lowest BCUT2D eigenvalue weighted by atomic mass is 10.0. The summed E-state index contributed by atoms with van der Waals surface area (Å²) in [5.41, 5.74) is 0.253. The number of likely N-dealkylation sites (tertiary alicyclic amines) is 1. The van der Waals surface area contributed by atoms with Gasteiger partial charge in [0.2, 0.25) is 0 Å². The third-order valence-corrected chi connectivity index (χ3v) is 7.83. The first-order valence-corrected chi connectivity index (χ1v) is 12.0. The first kappa shape index (κ1) is 20.7. The Morgan fingerprint density at radius 2 is 2.07 bits per heavy atom. The van der Waals surface area contributed by atoms with Crippen molar-refractivity contribution >= 4 is 44.3 Å². The lowest BCUT2D eigenvalue weighted by Gasteiger charge is -2.29. The Morgan fingerprint density at radius 1 is 1.27 bits per heavy atom. The first-order valence-electron chi connectivity index (χ1n) is 10.9. The van der Waals surface area contributed by atoms with Crippen molar-refractivity contribution in [2.45, 2.75) is 63.6 Å². The smallest absolute Gasteiger partial charge is 0.319 e. The van der Waals surface area contributed by atoms with Crippen LogP contribution in [-0.4, -0.2) is 52.7 Å². The van der Waals surface area contributed by atoms with E-state index in [1.165, 1.54) is 19.3 Å². The van der Waals surface area contributed by atoms with E-state index in [0.717, 1.165) is 44.7 Å². The molecule has 0 N–H and O–H groups in total. The maximum absolute atomic E-state index is 15.1. The molecule has 30 heavy (non-hydrogen) atoms. The number of halogens is 3. The van der Waals surface area contributed by atoms with E-state index in [2.05, 4.69) is 37.1 Å². The van der Waals surface area contributed by atoms with Gasteiger partial charge < -0.3 is 9.64 Å². The predicted octanol–water partition coefficient (Wildman–Crippen LogP) is 5.38. The van der Waals surface area contributed by atoms with Crippen LogP contribution in [0.1, 0.15) is 45.4 Å². The minimum absolute atomic E-state index is 0.0749. The monoisotopic (exact) mass is 495 g/mol. The third-order valence-electron chi connectivity index (χ3n) is 6.53. The topological polar surface area (TPSA) is 41.5 Å². The second kappa shape index (κ2) is 8.40. The average molecular weight is 497 g/mol. The lowest BCUT2D eigenvalue weighted by Crippen LogP contribution is -2.37. The number of ether oxygens (including phenoxy) is 1. The van der Waals surface area contributed by atoms with Gasteiger partial charge in [0.15, 0.2) is 5.82 Å². The summed E-state index contributed by atoms with van der Waals surface area (Å²) in [5, 5.41) is 0.969. The molecule has 0 amide bonds. The number of benzene rings is 1. The molecule has 3 fully saturated rings. The highest BCUT2D eigenvalue weighted by Gasteiger charge is 2.41. The van der Waals surface area contributed by atoms with Gasteiger partial charge in [-0.15, -0.1) is 0 Å². The van der Waals surface area contributed by atoms with E-state index < -0.39 is 5.82 Å². The van der Waals surface area contributed by atoms with Crippen molar-refractivity contribution < 1.29 is 9.13 Å². The van der Waals surface area contributed by atoms with E-state index in [4.69, 9.17) is 21.3 Å². The Bertz CT molecular complexity index is 935. The van der Waals surface area contributed by atoms with Crippen LogP contribution < -0.4 is 9.64 Å². The number of piperidine rings is 1. The molecule has 8 heteroatoms. The van der Waals surface area contributed by atoms with Crippen LogP contribution in [0.4, 0.5) is 10.2 Å². The van der Waals surface area contributed by atoms with E-state index in [1.807, 2.05) is 6.92 Å². The molecule has 2 aromatic rings. The highest BCUT2D eigenvalue weighted by molar-refractivity contribution is 9.10. The highest BCUT2D eigenvalue weighted by atomic mass is 79.9. The lowest BCUT2D eigenvalue weighted by molar-refractivity contribution is 0.123. The quantitative estimate of drug-likeness (QED) is 0.520. The minimum Gasteiger partial charge on any atom is -0.459 e. The molecule has 1 aromatic heterocycles. The van der Waals surface area contributed by atoms with Gasteiger partial charge in [0, 0.05) is 24.0 Å². The van der Waals surface area contributed by atoms with E-state index in [9.17, 15) is 0 Å². The Labute approximate surface area is 190 Å². The van der Waals surface area contributed by atoms with Gasteiger partial charge in [0.05, 0.1) is 9.50 Å². The number of hydrogen-bond donors (Lipinski definition) is 0. The molecule has 2 bridgehead atoms. The van der Waals surface area contributed by atoms with Crippen molar-refractivity contribution in [2.24, 2.45) is 0 Å². The number of fused-ring (bicyclic) bond motifs is 3. The number of rotatable bonds is 5. The van der Waals surface area contributed by atoms with Gasteiger partial charge in [-0.2, -0.15) is 9.97 Å². The van der Waals surface area contributed by atoms with Crippen molar-refractivity contribution in [1.82, 2.24) is 14.9 Å². The summed E-state index contributed by atoms with van der Waals surface area (Å²) in [6.45, 7) is 5.06. The summed E-state index contributed by atoms with van der Waals surface area (Å²) >= 11 is 9.54. The van der Waals surface area contributed by atoms with Gasteiger partial charge in [-0.05, 0) is 80.5 Å². The standard InChI is InChI=1S/C22H26BrClFN4O/c1-13(12-28-9-3-2-4-10-28)30-22-26-20-16(11-17(24)18(23)19(20)25)21(27-22)29-14-5-6-15(29)8-7-14/h5,11,13-15H,2-4,6-10,12H2,1H3. The molecule has 161 valence electrons. The maximum atomic E-state index is 15.1. The van der Waals surface area contributed by atoms with Gasteiger partial charge in [-0.3, -0.25) is 4.90 Å². The zero-order chi connectivity index (χ0) is 20.8. The van der Waals surface area contributed by atoms with Crippen molar-refractivity contribution in [3.63, 3.8) is 0 Å². The van der Waals surface area contributed by atoms with Crippen molar-refractivity contribution in [3.05, 3.63) is 27.8 Å². The summed E-state index contributed by atoms with van der Waals surface area (Å²) in [6, 6.07) is 2.73. The fourth-order valence-corrected chi connectivity index (χ4v) is 5.62. The zero-order valence-corrected chi connectivity index (χ0v) is 19.4. The molecule has 3 aliphatic heterocycles. The highest BCUT2D eigenvalue weighted by Crippen LogP contribution is 2.44. The SMILES string of the molecule is CC(CN1CCCCC1)Oc1nc(N2C3[CH]CC2CC3)c2cc(Cl)c(Br)c(F)c2n1. The summed E-state index contributed by atoms with van der Waals surface area (Å²) in [4.78, 5) is 14.0. The number of hydrogen-bond acceptors (Lipinski definition) is 5. The molecule has 5 nitrogen and oxygen atoms in total. The summed E-state index contributed by atoms with van der Waals surface area (Å²) < 4.78 is 21.5. The van der Waals surface area contributed by atoms with E-state index >= 15 is 4.39 Å². The van der Waals surface area contributed by atoms with Crippen LogP contribution in [0, 0.1) is 12.2 Å². The fraction of sp³-hybridized carbons (Fsp3) is 0.591. The van der Waals surface area contributed by atoms with Crippen LogP contribution in [-0.2, 0) is 0 Å². The fourth-order valence-electron chi connectivity index (χ4n) is 5.13. The second-order valence-electron chi connectivity index (χ2n) is 8.68. The summed E-state index contributed by atoms with van der Waals surface area (Å²) in [6.07, 6.45) is 9.28. The third kappa shape index (κ3) is 3.78. The summed E-state index contributed by atoms with van der Waals surface area (Å²) in [5.74, 6) is 0.264. The molecule has 4 heterocycles. The average Bonchev–Trinajstić information content (AvgIpc) is 3.33. The van der Waals surface area contributed by atoms with Crippen molar-refractivity contribution in [3.8, 4) is 6.01 Å². The van der Waals surface area contributed by atoms with E-state index in [-0.39, 0.29) is 22.1 Å². The van der Waals surface area contributed by atoms with Crippen LogP contribution in [0.3, 0.4) is 0 Å². The Morgan fingerprint density at radius 3 is 2.73 bits per heavy atom. The number of nitrogens with zero attached hydrogens (tertiary/aromatic N) is 4. The molecule has 1 radical (unpaired) electrons. The molecular weight excluding hydrogens is 471 g/mol. The predicted molar refractivity (Wildman–Crippen MR) is 121 cm³/mol. The van der Waals surface area contributed by atoms with Gasteiger partial charge in [-0.25, -0.2) is 4.39 Å². The largest absolute Gasteiger partial charge is 0.459 e. The minimum atomic E-state index is -0.467. The van der Waals surface area contributed by atoms with Crippen LogP contribution in [0.5, 0.6) is 6.01 Å². The molecule has 1 aromatic carbocycles. The van der Waals surface area contributed by atoms with Crippen LogP contribution in [0.15, 0.2) is 10.5 Å². The Hall–Kier alpha value is -1.18. The normalized spacial score (nSPS) is 25.3. The summed E-state index contributed by atoms with van der Waals surface area (Å²) in [7, 11) is 0. The molecule has 5 rings (SSSR count). The van der Waals surface area contributed by atoms with Gasteiger partial charge >= 0.3 is 6.01 Å². The molecule has 3 unspecified atom stereocenters. The van der Waals surface area contributed by atoms with Crippen molar-refractivity contribution in [2.75, 3.05) is 24.5 Å². The zero-order valence-electron chi connectivity index (χ0n) is 17.1. The molecule has 0 spiro atoms. The van der Waals surface area contributed by atoms with Crippen LogP contribution in [0.25, 0.3) is 10.9 Å². The van der Waals surface area contributed by atoms with E-state index in [0.29, 0.717) is 22.5 Å². The van der Waals surface area contributed by atoms with Gasteiger partial charge in [-0.1, -0.05) is 18.0 Å². The van der Waals surface area contributed by atoms with Crippen LogP contribution in [0.2, 0.25) is 5.02 Å². The van der Waals surface area contributed by atoms with Gasteiger partial charge in [0.25, 0.3) is 0 Å². The van der Waals surface area contributed by atoms with E-state index in [1.54, 1.807) is 6.07 Å². The molecule has 3 saturated heterocycles. The molecule has 3 aliphatic rings. The number of anilines is 1. The maximum Gasteiger partial charge on any atom is 0.319 e. The first-order chi connectivity index (χ1) is 14.5. The second-order valence-corrected chi connectivity index (χ2v) is 9.88. The molecule has 0 aliphatic carbocycles. The Balaban J connectivity index is 1.50. The molecular formula is C22H26BrClFN4O. The number of aromatic nitrogens is 2. The van der Waals surface area contributed by atoms with Crippen molar-refractivity contribution in [1.29, 1.82) is 0 Å². The molecule has 3 atom stereocenters. The van der Waals surface area contributed by atoms with Gasteiger partial charge in [0.1, 0.15) is 17.4 Å².